The number of aliphatic hydroxyl groups excluding tert-OH is 1. The number of alkyl halides is 3. The van der Waals surface area contributed by atoms with Crippen molar-refractivity contribution in [2.24, 2.45) is 0 Å². The third-order valence-electron chi connectivity index (χ3n) is 3.71. The lowest BCUT2D eigenvalue weighted by Crippen LogP contribution is -2.30. The molecule has 29 heavy (non-hydrogen) atoms. The van der Waals surface area contributed by atoms with Crippen molar-refractivity contribution in [3.63, 3.8) is 0 Å². The Morgan fingerprint density at radius 3 is 2.69 bits per heavy atom. The molecule has 1 aromatic carbocycles. The normalized spacial score (nSPS) is 12.3. The highest BCUT2D eigenvalue weighted by Gasteiger charge is 2.30. The molecule has 158 valence electrons. The molecule has 1 unspecified atom stereocenters. The van der Waals surface area contributed by atoms with E-state index in [4.69, 9.17) is 4.74 Å². The van der Waals surface area contributed by atoms with Gasteiger partial charge in [0.05, 0.1) is 31.0 Å². The molecule has 1 heterocycles. The number of halogens is 3. The zero-order valence-electron chi connectivity index (χ0n) is 15.8. The highest BCUT2D eigenvalue weighted by atomic mass is 19.4. The number of nitrogens with one attached hydrogen (secondary N) is 2. The summed E-state index contributed by atoms with van der Waals surface area (Å²) >= 11 is 0. The van der Waals surface area contributed by atoms with Crippen molar-refractivity contribution in [1.29, 1.82) is 0 Å². The predicted octanol–water partition coefficient (Wildman–Crippen LogP) is 2.78. The van der Waals surface area contributed by atoms with E-state index in [9.17, 15) is 27.9 Å². The Bertz CT molecular complexity index is 865. The maximum Gasteiger partial charge on any atom is 0.416 e. The quantitative estimate of drug-likeness (QED) is 0.605. The second-order valence-corrected chi connectivity index (χ2v) is 6.16. The van der Waals surface area contributed by atoms with Crippen LogP contribution < -0.4 is 10.6 Å². The lowest BCUT2D eigenvalue weighted by atomic mass is 10.1. The molecule has 0 aliphatic heterocycles. The molecule has 2 amide bonds. The molecule has 1 atom stereocenters. The summed E-state index contributed by atoms with van der Waals surface area (Å²) in [4.78, 5) is 24.3. The number of anilines is 1. The molecule has 0 saturated carbocycles. The van der Waals surface area contributed by atoms with Crippen LogP contribution in [0.25, 0.3) is 0 Å². The van der Waals surface area contributed by atoms with Gasteiger partial charge in [-0.15, -0.1) is 0 Å². The summed E-state index contributed by atoms with van der Waals surface area (Å²) in [5.41, 5.74) is -0.586. The number of esters is 1. The number of rotatable bonds is 7. The highest BCUT2D eigenvalue weighted by molar-refractivity contribution is 5.99. The summed E-state index contributed by atoms with van der Waals surface area (Å²) in [6.45, 7) is 3.06. The topological polar surface area (TPSA) is 105 Å². The van der Waals surface area contributed by atoms with Gasteiger partial charge in [0.15, 0.2) is 0 Å². The first-order valence-corrected chi connectivity index (χ1v) is 8.73. The number of carbonyl (C=O) groups excluding carboxylic acids is 2. The van der Waals surface area contributed by atoms with Crippen molar-refractivity contribution in [2.45, 2.75) is 39.2 Å². The summed E-state index contributed by atoms with van der Waals surface area (Å²) in [5.74, 6) is -0.705. The van der Waals surface area contributed by atoms with E-state index in [2.05, 4.69) is 15.7 Å². The average Bonchev–Trinajstić information content (AvgIpc) is 3.01. The SMILES string of the molecule is CCOC(=O)c1cnn(CC(C)O)c1NC(=O)NCc1cccc(C(F)(F)F)c1. The van der Waals surface area contributed by atoms with Crippen LogP contribution in [0.3, 0.4) is 0 Å². The minimum Gasteiger partial charge on any atom is -0.462 e. The van der Waals surface area contributed by atoms with E-state index in [1.165, 1.54) is 29.9 Å². The highest BCUT2D eigenvalue weighted by Crippen LogP contribution is 2.29. The number of hydrogen-bond acceptors (Lipinski definition) is 5. The summed E-state index contributed by atoms with van der Waals surface area (Å²) < 4.78 is 44.5. The van der Waals surface area contributed by atoms with Gasteiger partial charge in [-0.3, -0.25) is 5.32 Å². The average molecular weight is 414 g/mol. The van der Waals surface area contributed by atoms with Crippen LogP contribution >= 0.6 is 0 Å². The standard InChI is InChI=1S/C18H21F3N4O4/c1-3-29-16(27)14-9-23-25(10-11(2)26)15(14)24-17(28)22-8-12-5-4-6-13(7-12)18(19,20)21/h4-7,9,11,26H,3,8,10H2,1-2H3,(H2,22,24,28). The van der Waals surface area contributed by atoms with E-state index in [1.807, 2.05) is 0 Å². The molecular weight excluding hydrogens is 393 g/mol. The molecule has 0 fully saturated rings. The smallest absolute Gasteiger partial charge is 0.416 e. The third kappa shape index (κ3) is 6.21. The molecule has 0 radical (unpaired) electrons. The van der Waals surface area contributed by atoms with Gasteiger partial charge in [0.1, 0.15) is 11.4 Å². The number of aromatic nitrogens is 2. The van der Waals surface area contributed by atoms with Crippen molar-refractivity contribution < 1.29 is 32.6 Å². The van der Waals surface area contributed by atoms with Gasteiger partial charge in [0, 0.05) is 6.54 Å². The zero-order chi connectivity index (χ0) is 21.6. The molecule has 1 aromatic heterocycles. The molecule has 0 spiro atoms. The number of amides is 2. The summed E-state index contributed by atoms with van der Waals surface area (Å²) in [7, 11) is 0. The summed E-state index contributed by atoms with van der Waals surface area (Å²) in [6.07, 6.45) is -4.10. The summed E-state index contributed by atoms with van der Waals surface area (Å²) in [6, 6.07) is 3.79. The molecule has 0 saturated heterocycles. The summed E-state index contributed by atoms with van der Waals surface area (Å²) in [5, 5.41) is 18.4. The van der Waals surface area contributed by atoms with E-state index in [0.29, 0.717) is 0 Å². The minimum atomic E-state index is -4.49. The van der Waals surface area contributed by atoms with Crippen molar-refractivity contribution >= 4 is 17.8 Å². The van der Waals surface area contributed by atoms with Gasteiger partial charge in [-0.25, -0.2) is 14.3 Å². The van der Waals surface area contributed by atoms with Crippen molar-refractivity contribution in [3.8, 4) is 0 Å². The number of hydrogen-bond donors (Lipinski definition) is 3. The number of carbonyl (C=O) groups is 2. The van der Waals surface area contributed by atoms with Crippen molar-refractivity contribution in [2.75, 3.05) is 11.9 Å². The van der Waals surface area contributed by atoms with Gasteiger partial charge in [0.2, 0.25) is 0 Å². The van der Waals surface area contributed by atoms with Crippen LogP contribution in [0, 0.1) is 0 Å². The van der Waals surface area contributed by atoms with Crippen LogP contribution in [0.5, 0.6) is 0 Å². The molecule has 11 heteroatoms. The van der Waals surface area contributed by atoms with Crippen LogP contribution in [0.2, 0.25) is 0 Å². The Labute approximate surface area is 164 Å². The van der Waals surface area contributed by atoms with Crippen LogP contribution in [0.1, 0.15) is 35.3 Å². The zero-order valence-corrected chi connectivity index (χ0v) is 15.8. The fourth-order valence-electron chi connectivity index (χ4n) is 2.46. The van der Waals surface area contributed by atoms with Crippen LogP contribution in [0.15, 0.2) is 30.5 Å². The second kappa shape index (κ2) is 9.41. The lowest BCUT2D eigenvalue weighted by Gasteiger charge is -2.13. The molecule has 0 aliphatic rings. The first kappa shape index (κ1) is 22.2. The Morgan fingerprint density at radius 1 is 1.34 bits per heavy atom. The minimum absolute atomic E-state index is 0.00263. The van der Waals surface area contributed by atoms with E-state index < -0.39 is 29.8 Å². The first-order valence-electron chi connectivity index (χ1n) is 8.73. The van der Waals surface area contributed by atoms with Crippen molar-refractivity contribution in [1.82, 2.24) is 15.1 Å². The molecule has 0 aliphatic carbocycles. The van der Waals surface area contributed by atoms with E-state index >= 15 is 0 Å². The van der Waals surface area contributed by atoms with Gasteiger partial charge in [-0.1, -0.05) is 12.1 Å². The number of benzene rings is 1. The van der Waals surface area contributed by atoms with Crippen LogP contribution in [-0.2, 0) is 24.0 Å². The third-order valence-corrected chi connectivity index (χ3v) is 3.71. The van der Waals surface area contributed by atoms with Gasteiger partial charge >= 0.3 is 18.2 Å². The second-order valence-electron chi connectivity index (χ2n) is 6.16. The van der Waals surface area contributed by atoms with Crippen LogP contribution in [0.4, 0.5) is 23.8 Å². The molecule has 0 bridgehead atoms. The van der Waals surface area contributed by atoms with Gasteiger partial charge < -0.3 is 15.2 Å². The molecule has 2 rings (SSSR count). The molecular formula is C18H21F3N4O4. The largest absolute Gasteiger partial charge is 0.462 e. The maximum atomic E-state index is 12.8. The number of nitrogens with zero attached hydrogens (tertiary/aromatic N) is 2. The predicted molar refractivity (Wildman–Crippen MR) is 97.2 cm³/mol. The fraction of sp³-hybridized carbons (Fsp3) is 0.389. The lowest BCUT2D eigenvalue weighted by molar-refractivity contribution is -0.137. The number of ether oxygens (including phenoxy) is 1. The Balaban J connectivity index is 2.11. The molecule has 2 aromatic rings. The number of urea groups is 1. The van der Waals surface area contributed by atoms with Crippen molar-refractivity contribution in [3.05, 3.63) is 47.2 Å². The van der Waals surface area contributed by atoms with Gasteiger partial charge in [0.25, 0.3) is 0 Å². The maximum absolute atomic E-state index is 12.8. The van der Waals surface area contributed by atoms with Gasteiger partial charge in [-0.05, 0) is 31.5 Å². The van der Waals surface area contributed by atoms with E-state index in [1.54, 1.807) is 6.92 Å². The Hall–Kier alpha value is -3.08. The first-order chi connectivity index (χ1) is 13.6. The Kier molecular flexibility index (Phi) is 7.21. The fourth-order valence-corrected chi connectivity index (χ4v) is 2.46. The Morgan fingerprint density at radius 2 is 2.07 bits per heavy atom. The van der Waals surface area contributed by atoms with Crippen LogP contribution in [-0.4, -0.2) is 39.6 Å². The van der Waals surface area contributed by atoms with E-state index in [0.717, 1.165) is 12.1 Å². The number of aliphatic hydroxyl groups is 1. The molecule has 3 N–H and O–H groups in total. The van der Waals surface area contributed by atoms with Gasteiger partial charge in [-0.2, -0.15) is 18.3 Å². The van der Waals surface area contributed by atoms with E-state index in [-0.39, 0.29) is 36.6 Å². The molecule has 8 nitrogen and oxygen atoms in total. The monoisotopic (exact) mass is 414 g/mol.